The topological polar surface area (TPSA) is 98.2 Å². The Balaban J connectivity index is 1.26. The lowest BCUT2D eigenvalue weighted by Gasteiger charge is -2.36. The molecule has 4 heterocycles. The quantitative estimate of drug-likeness (QED) is 0.377. The van der Waals surface area contributed by atoms with E-state index in [0.717, 1.165) is 43.4 Å². The highest BCUT2D eigenvalue weighted by Gasteiger charge is 2.30. The molecule has 0 bridgehead atoms. The molecule has 3 aromatic heterocycles. The van der Waals surface area contributed by atoms with Crippen molar-refractivity contribution in [2.24, 2.45) is 0 Å². The highest BCUT2D eigenvalue weighted by molar-refractivity contribution is 5.87. The minimum atomic E-state index is -2.86. The molecule has 0 spiro atoms. The van der Waals surface area contributed by atoms with E-state index in [1.165, 1.54) is 18.3 Å². The molecule has 4 aromatic rings. The number of aromatic nitrogens is 4. The number of nitrogens with zero attached hydrogens (tertiary/aromatic N) is 5. The molecule has 2 N–H and O–H groups in total. The van der Waals surface area contributed by atoms with Crippen LogP contribution in [-0.4, -0.2) is 57.2 Å². The number of hydrogen-bond acceptors (Lipinski definition) is 6. The molecule has 8 nitrogen and oxygen atoms in total. The number of carbonyl (C=O) groups is 1. The van der Waals surface area contributed by atoms with Crippen molar-refractivity contribution in [3.05, 3.63) is 66.0 Å². The van der Waals surface area contributed by atoms with Gasteiger partial charge in [0.1, 0.15) is 17.5 Å². The molecule has 0 saturated carbocycles. The van der Waals surface area contributed by atoms with E-state index in [0.29, 0.717) is 23.3 Å². The number of aromatic carboxylic acids is 1. The maximum absolute atomic E-state index is 14.3. The van der Waals surface area contributed by atoms with Gasteiger partial charge in [0.25, 0.3) is 5.92 Å². The van der Waals surface area contributed by atoms with Gasteiger partial charge in [0.05, 0.1) is 16.6 Å². The number of aromatic amines is 1. The predicted molar refractivity (Wildman–Crippen MR) is 134 cm³/mol. The van der Waals surface area contributed by atoms with Gasteiger partial charge in [-0.05, 0) is 36.4 Å². The molecule has 186 valence electrons. The molecule has 0 amide bonds. The number of fused-ring (bicyclic) bond motifs is 1. The lowest BCUT2D eigenvalue weighted by molar-refractivity contribution is -0.0139. The molecule has 0 unspecified atom stereocenters. The number of halogens is 2. The van der Waals surface area contributed by atoms with Gasteiger partial charge in [0, 0.05) is 56.1 Å². The van der Waals surface area contributed by atoms with Gasteiger partial charge in [-0.1, -0.05) is 19.4 Å². The van der Waals surface area contributed by atoms with E-state index < -0.39 is 11.9 Å². The van der Waals surface area contributed by atoms with E-state index in [1.807, 2.05) is 12.1 Å². The number of carboxylic acids is 1. The van der Waals surface area contributed by atoms with Crippen molar-refractivity contribution in [2.75, 3.05) is 36.0 Å². The lowest BCUT2D eigenvalue weighted by atomic mass is 10.0. The fourth-order valence-electron chi connectivity index (χ4n) is 4.41. The van der Waals surface area contributed by atoms with Crippen LogP contribution in [0.15, 0.2) is 54.9 Å². The van der Waals surface area contributed by atoms with Gasteiger partial charge in [-0.25, -0.2) is 28.5 Å². The van der Waals surface area contributed by atoms with E-state index in [4.69, 9.17) is 5.11 Å². The molecule has 1 aliphatic heterocycles. The van der Waals surface area contributed by atoms with Crippen molar-refractivity contribution in [1.29, 1.82) is 0 Å². The van der Waals surface area contributed by atoms with Gasteiger partial charge in [-0.2, -0.15) is 0 Å². The Hall–Kier alpha value is -4.08. The molecule has 0 aliphatic carbocycles. The van der Waals surface area contributed by atoms with Gasteiger partial charge in [0.15, 0.2) is 0 Å². The SMILES string of the molecule is CCCC(F)(F)c1ccc2nc(-c3ccc(N4CCN(c5ccc(C(=O)O)cn5)CC4)nc3)[nH]c2c1. The van der Waals surface area contributed by atoms with E-state index in [-0.39, 0.29) is 17.5 Å². The molecular weight excluding hydrogens is 466 g/mol. The van der Waals surface area contributed by atoms with Crippen molar-refractivity contribution in [2.45, 2.75) is 25.7 Å². The van der Waals surface area contributed by atoms with Gasteiger partial charge in [0.2, 0.25) is 0 Å². The van der Waals surface area contributed by atoms with Crippen LogP contribution in [0.25, 0.3) is 22.4 Å². The first kappa shape index (κ1) is 23.7. The summed E-state index contributed by atoms with van der Waals surface area (Å²) in [6, 6.07) is 11.7. The first-order valence-electron chi connectivity index (χ1n) is 11.9. The largest absolute Gasteiger partial charge is 0.478 e. The molecular formula is C26H26F2N6O2. The Labute approximate surface area is 206 Å². The number of benzene rings is 1. The first-order valence-corrected chi connectivity index (χ1v) is 11.9. The summed E-state index contributed by atoms with van der Waals surface area (Å²) in [5.41, 5.74) is 2.14. The minimum absolute atomic E-state index is 0.00676. The zero-order chi connectivity index (χ0) is 25.3. The number of hydrogen-bond donors (Lipinski definition) is 2. The van der Waals surface area contributed by atoms with Crippen LogP contribution in [0, 0.1) is 0 Å². The van der Waals surface area contributed by atoms with E-state index in [9.17, 15) is 13.6 Å². The number of rotatable bonds is 7. The summed E-state index contributed by atoms with van der Waals surface area (Å²) >= 11 is 0. The first-order chi connectivity index (χ1) is 17.3. The van der Waals surface area contributed by atoms with Crippen molar-refractivity contribution in [3.63, 3.8) is 0 Å². The number of imidazole rings is 1. The molecule has 5 rings (SSSR count). The minimum Gasteiger partial charge on any atom is -0.478 e. The Morgan fingerprint density at radius 3 is 2.22 bits per heavy atom. The molecule has 36 heavy (non-hydrogen) atoms. The van der Waals surface area contributed by atoms with Crippen LogP contribution in [-0.2, 0) is 5.92 Å². The standard InChI is InChI=1S/C26H26F2N6O2/c1-2-9-26(27,28)19-5-6-20-21(14-19)32-24(31-20)17-3-7-22(29-15-17)33-10-12-34(13-11-33)23-8-4-18(16-30-23)25(35)36/h3-8,14-16H,2,9-13H2,1H3,(H,31,32)(H,35,36). The Kier molecular flexibility index (Phi) is 6.26. The second kappa shape index (κ2) is 9.52. The monoisotopic (exact) mass is 492 g/mol. The molecule has 1 saturated heterocycles. The van der Waals surface area contributed by atoms with Crippen molar-refractivity contribution < 1.29 is 18.7 Å². The number of anilines is 2. The number of H-pyrrole nitrogens is 1. The van der Waals surface area contributed by atoms with E-state index in [1.54, 1.807) is 31.3 Å². The Morgan fingerprint density at radius 2 is 1.67 bits per heavy atom. The van der Waals surface area contributed by atoms with Crippen LogP contribution in [0.4, 0.5) is 20.4 Å². The maximum Gasteiger partial charge on any atom is 0.337 e. The summed E-state index contributed by atoms with van der Waals surface area (Å²) in [4.78, 5) is 31.9. The lowest BCUT2D eigenvalue weighted by Crippen LogP contribution is -2.47. The smallest absolute Gasteiger partial charge is 0.337 e. The van der Waals surface area contributed by atoms with Crippen molar-refractivity contribution in [3.8, 4) is 11.4 Å². The number of nitrogens with one attached hydrogen (secondary N) is 1. The zero-order valence-corrected chi connectivity index (χ0v) is 19.8. The number of alkyl halides is 2. The van der Waals surface area contributed by atoms with Crippen molar-refractivity contribution in [1.82, 2.24) is 19.9 Å². The molecule has 0 atom stereocenters. The van der Waals surface area contributed by atoms with Crippen LogP contribution >= 0.6 is 0 Å². The number of pyridine rings is 2. The molecule has 10 heteroatoms. The highest BCUT2D eigenvalue weighted by Crippen LogP contribution is 2.34. The third-order valence-electron chi connectivity index (χ3n) is 6.41. The van der Waals surface area contributed by atoms with Crippen LogP contribution in [0.3, 0.4) is 0 Å². The second-order valence-corrected chi connectivity index (χ2v) is 8.86. The Bertz CT molecular complexity index is 1360. The van der Waals surface area contributed by atoms with Crippen molar-refractivity contribution >= 4 is 28.6 Å². The maximum atomic E-state index is 14.3. The summed E-state index contributed by atoms with van der Waals surface area (Å²) in [5.74, 6) is -1.68. The predicted octanol–water partition coefficient (Wildman–Crippen LogP) is 4.94. The summed E-state index contributed by atoms with van der Waals surface area (Å²) in [6.07, 6.45) is 3.33. The average Bonchev–Trinajstić information content (AvgIpc) is 3.33. The molecule has 1 fully saturated rings. The summed E-state index contributed by atoms with van der Waals surface area (Å²) in [7, 11) is 0. The fourth-order valence-corrected chi connectivity index (χ4v) is 4.41. The molecule has 0 radical (unpaired) electrons. The van der Waals surface area contributed by atoms with Crippen LogP contribution in [0.1, 0.15) is 35.7 Å². The third kappa shape index (κ3) is 4.71. The number of carboxylic acid groups (broad SMARTS) is 1. The number of piperazine rings is 1. The molecule has 1 aromatic carbocycles. The van der Waals surface area contributed by atoms with Crippen LogP contribution < -0.4 is 9.80 Å². The van der Waals surface area contributed by atoms with Gasteiger partial charge in [-0.15, -0.1) is 0 Å². The molecule has 1 aliphatic rings. The van der Waals surface area contributed by atoms with Gasteiger partial charge >= 0.3 is 5.97 Å². The zero-order valence-electron chi connectivity index (χ0n) is 19.8. The van der Waals surface area contributed by atoms with Gasteiger partial charge < -0.3 is 19.9 Å². The summed E-state index contributed by atoms with van der Waals surface area (Å²) < 4.78 is 28.6. The van der Waals surface area contributed by atoms with Crippen LogP contribution in [0.2, 0.25) is 0 Å². The highest BCUT2D eigenvalue weighted by atomic mass is 19.3. The van der Waals surface area contributed by atoms with Gasteiger partial charge in [-0.3, -0.25) is 0 Å². The normalized spacial score (nSPS) is 14.4. The fraction of sp³-hybridized carbons (Fsp3) is 0.308. The van der Waals surface area contributed by atoms with E-state index >= 15 is 0 Å². The van der Waals surface area contributed by atoms with E-state index in [2.05, 4.69) is 29.7 Å². The second-order valence-electron chi connectivity index (χ2n) is 8.86. The Morgan fingerprint density at radius 1 is 1.00 bits per heavy atom. The van der Waals surface area contributed by atoms with Crippen LogP contribution in [0.5, 0.6) is 0 Å². The summed E-state index contributed by atoms with van der Waals surface area (Å²) in [5, 5.41) is 9.03. The third-order valence-corrected chi connectivity index (χ3v) is 6.41. The summed E-state index contributed by atoms with van der Waals surface area (Å²) in [6.45, 7) is 4.70. The average molecular weight is 493 g/mol.